The smallest absolute Gasteiger partial charge is 0.343 e. The molecule has 114 valence electrons. The molecule has 22 heavy (non-hydrogen) atoms. The van der Waals surface area contributed by atoms with Crippen LogP contribution in [0.4, 0.5) is 15.8 Å². The zero-order valence-electron chi connectivity index (χ0n) is 11.1. The van der Waals surface area contributed by atoms with Gasteiger partial charge in [-0.1, -0.05) is 0 Å². The zero-order valence-corrected chi connectivity index (χ0v) is 11.1. The van der Waals surface area contributed by atoms with Crippen molar-refractivity contribution in [3.63, 3.8) is 0 Å². The second-order valence-corrected chi connectivity index (χ2v) is 3.67. The van der Waals surface area contributed by atoms with Gasteiger partial charge in [0, 0.05) is 6.07 Å². The molecule has 0 aromatic heterocycles. The fourth-order valence-corrected chi connectivity index (χ4v) is 1.36. The summed E-state index contributed by atoms with van der Waals surface area (Å²) in [4.78, 5) is 21.2. The van der Waals surface area contributed by atoms with Crippen LogP contribution in [0.15, 0.2) is 17.2 Å². The van der Waals surface area contributed by atoms with Crippen molar-refractivity contribution in [3.05, 3.63) is 33.6 Å². The molecule has 11 heteroatoms. The Hall–Kier alpha value is -3.55. The maximum atomic E-state index is 14.0. The quantitative estimate of drug-likeness (QED) is 0.237. The lowest BCUT2D eigenvalue weighted by molar-refractivity contribution is -0.387. The summed E-state index contributed by atoms with van der Waals surface area (Å²) in [5, 5.41) is 29.8. The predicted molar refractivity (Wildman–Crippen MR) is 73.0 cm³/mol. The molecule has 0 amide bonds. The van der Waals surface area contributed by atoms with Gasteiger partial charge in [-0.25, -0.2) is 4.79 Å². The lowest BCUT2D eigenvalue weighted by Crippen LogP contribution is -2.22. The largest absolute Gasteiger partial charge is 0.465 e. The van der Waals surface area contributed by atoms with Crippen LogP contribution in [0, 0.1) is 32.7 Å². The van der Waals surface area contributed by atoms with E-state index in [0.29, 0.717) is 0 Å². The fraction of sp³-hybridized carbons (Fsp3) is 0.0909. The molecule has 0 aliphatic carbocycles. The summed E-state index contributed by atoms with van der Waals surface area (Å²) in [6.45, 7) is 0. The number of rotatable bonds is 5. The number of halogens is 1. The lowest BCUT2D eigenvalue weighted by atomic mass is 10.1. The molecule has 0 bridgehead atoms. The van der Waals surface area contributed by atoms with Gasteiger partial charge in [0.25, 0.3) is 0 Å². The summed E-state index contributed by atoms with van der Waals surface area (Å²) in [6.07, 6.45) is 0. The van der Waals surface area contributed by atoms with Gasteiger partial charge in [0.05, 0.1) is 17.7 Å². The Morgan fingerprint density at radius 1 is 1.64 bits per heavy atom. The molecule has 0 radical (unpaired) electrons. The van der Waals surface area contributed by atoms with E-state index in [0.717, 1.165) is 19.2 Å². The Morgan fingerprint density at radius 3 is 2.73 bits per heavy atom. The second kappa shape index (κ2) is 6.75. The number of ether oxygens (including phenoxy) is 1. The average Bonchev–Trinajstić information content (AvgIpc) is 2.46. The first-order chi connectivity index (χ1) is 10.3. The van der Waals surface area contributed by atoms with Gasteiger partial charge in [-0.3, -0.25) is 20.9 Å². The topological polar surface area (TPSA) is 167 Å². The number of nitriles is 1. The third-order valence-electron chi connectivity index (χ3n) is 2.36. The maximum Gasteiger partial charge on any atom is 0.343 e. The molecular formula is C11H9FN6O4. The highest BCUT2D eigenvalue weighted by Gasteiger charge is 2.26. The molecule has 0 saturated heterocycles. The Labute approximate surface area is 122 Å². The number of nitro groups is 1. The first-order valence-electron chi connectivity index (χ1n) is 5.46. The molecule has 10 nitrogen and oxygen atoms in total. The molecule has 0 fully saturated rings. The Balaban J connectivity index is 3.40. The zero-order chi connectivity index (χ0) is 16.9. The molecule has 1 aromatic rings. The maximum absolute atomic E-state index is 14.0. The first-order valence-corrected chi connectivity index (χ1v) is 5.46. The highest BCUT2D eigenvalue weighted by Crippen LogP contribution is 2.28. The number of amidine groups is 1. The van der Waals surface area contributed by atoms with E-state index < -0.39 is 39.5 Å². The predicted octanol–water partition coefficient (Wildman–Crippen LogP) is 0.748. The van der Waals surface area contributed by atoms with E-state index in [9.17, 15) is 19.3 Å². The van der Waals surface area contributed by atoms with Gasteiger partial charge in [0.2, 0.25) is 11.5 Å². The summed E-state index contributed by atoms with van der Waals surface area (Å²) < 4.78 is 18.4. The number of hydrogen-bond donors (Lipinski definition) is 3. The van der Waals surface area contributed by atoms with Crippen LogP contribution >= 0.6 is 0 Å². The number of anilines is 1. The first kappa shape index (κ1) is 16.5. The Bertz CT molecular complexity index is 724. The van der Waals surface area contributed by atoms with Crippen LogP contribution < -0.4 is 11.2 Å². The van der Waals surface area contributed by atoms with Gasteiger partial charge in [0.15, 0.2) is 5.84 Å². The molecule has 0 heterocycles. The molecule has 0 aliphatic rings. The number of nitro benzene ring substituents is 1. The van der Waals surface area contributed by atoms with Crippen LogP contribution in [0.1, 0.15) is 10.4 Å². The van der Waals surface area contributed by atoms with Crippen molar-refractivity contribution in [1.29, 1.82) is 10.7 Å². The van der Waals surface area contributed by atoms with E-state index in [4.69, 9.17) is 16.4 Å². The SMILES string of the molecule is COC(=O)c1c(N/N=C(\C#N)C(=N)N)ccc([N+](=O)[O-])c1F. The van der Waals surface area contributed by atoms with Crippen molar-refractivity contribution in [2.24, 2.45) is 10.8 Å². The third-order valence-corrected chi connectivity index (χ3v) is 2.36. The summed E-state index contributed by atoms with van der Waals surface area (Å²) in [5.74, 6) is -3.25. The number of hydrogen-bond acceptors (Lipinski definition) is 8. The average molecular weight is 308 g/mol. The van der Waals surface area contributed by atoms with Crippen molar-refractivity contribution in [2.75, 3.05) is 12.5 Å². The number of hydrazone groups is 1. The number of carbonyl (C=O) groups is 1. The molecule has 4 N–H and O–H groups in total. The minimum atomic E-state index is -1.42. The van der Waals surface area contributed by atoms with Crippen LogP contribution in [0.25, 0.3) is 0 Å². The van der Waals surface area contributed by atoms with E-state index in [-0.39, 0.29) is 5.69 Å². The third kappa shape index (κ3) is 3.31. The molecule has 0 atom stereocenters. The molecule has 0 aliphatic heterocycles. The van der Waals surface area contributed by atoms with Crippen molar-refractivity contribution in [3.8, 4) is 6.07 Å². The number of carbonyl (C=O) groups excluding carboxylic acids is 1. The van der Waals surface area contributed by atoms with E-state index >= 15 is 0 Å². The van der Waals surface area contributed by atoms with Gasteiger partial charge >= 0.3 is 11.7 Å². The minimum Gasteiger partial charge on any atom is -0.465 e. The van der Waals surface area contributed by atoms with E-state index in [2.05, 4.69) is 15.3 Å². The molecule has 1 aromatic carbocycles. The summed E-state index contributed by atoms with van der Waals surface area (Å²) >= 11 is 0. The van der Waals surface area contributed by atoms with E-state index in [1.807, 2.05) is 0 Å². The summed E-state index contributed by atoms with van der Waals surface area (Å²) in [7, 11) is 0.962. The van der Waals surface area contributed by atoms with E-state index in [1.54, 1.807) is 0 Å². The number of nitrogens with two attached hydrogens (primary N) is 1. The number of nitrogens with one attached hydrogen (secondary N) is 2. The van der Waals surface area contributed by atoms with Gasteiger partial charge in [-0.05, 0) is 6.07 Å². The lowest BCUT2D eigenvalue weighted by Gasteiger charge is -2.08. The van der Waals surface area contributed by atoms with E-state index in [1.165, 1.54) is 6.07 Å². The molecule has 0 spiro atoms. The Morgan fingerprint density at radius 2 is 2.27 bits per heavy atom. The van der Waals surface area contributed by atoms with Gasteiger partial charge in [0.1, 0.15) is 11.6 Å². The van der Waals surface area contributed by atoms with Crippen molar-refractivity contribution in [2.45, 2.75) is 0 Å². The number of methoxy groups -OCH3 is 1. The van der Waals surface area contributed by atoms with Crippen LogP contribution in [0.2, 0.25) is 0 Å². The molecule has 1 rings (SSSR count). The van der Waals surface area contributed by atoms with Gasteiger partial charge < -0.3 is 10.5 Å². The van der Waals surface area contributed by atoms with Crippen LogP contribution in [-0.4, -0.2) is 29.5 Å². The number of esters is 1. The second-order valence-electron chi connectivity index (χ2n) is 3.67. The minimum absolute atomic E-state index is 0.288. The van der Waals surface area contributed by atoms with Gasteiger partial charge in [-0.15, -0.1) is 0 Å². The van der Waals surface area contributed by atoms with Gasteiger partial charge in [-0.2, -0.15) is 14.8 Å². The highest BCUT2D eigenvalue weighted by molar-refractivity contribution is 6.45. The fourth-order valence-electron chi connectivity index (χ4n) is 1.36. The number of benzene rings is 1. The summed E-state index contributed by atoms with van der Waals surface area (Å²) in [5.41, 5.74) is 4.71. The van der Waals surface area contributed by atoms with Crippen LogP contribution in [0.5, 0.6) is 0 Å². The normalized spacial score (nSPS) is 10.5. The summed E-state index contributed by atoms with van der Waals surface area (Å²) in [6, 6.07) is 3.31. The molecular weight excluding hydrogens is 299 g/mol. The van der Waals surface area contributed by atoms with Crippen LogP contribution in [0.3, 0.4) is 0 Å². The Kier molecular flexibility index (Phi) is 5.06. The molecule has 0 saturated carbocycles. The van der Waals surface area contributed by atoms with Crippen molar-refractivity contribution >= 4 is 28.9 Å². The highest BCUT2D eigenvalue weighted by atomic mass is 19.1. The monoisotopic (exact) mass is 308 g/mol. The van der Waals surface area contributed by atoms with Crippen LogP contribution in [-0.2, 0) is 4.74 Å². The standard InChI is InChI=1S/C11H9FN6O4/c1-22-11(19)8-5(16-17-6(4-13)10(14)15)2-3-7(9(8)12)18(20)21/h2-3,16H,1H3,(H3,14,15)/b17-6+. The molecule has 0 unspecified atom stereocenters. The number of nitrogens with zero attached hydrogens (tertiary/aromatic N) is 3. The van der Waals surface area contributed by atoms with Crippen molar-refractivity contribution in [1.82, 2.24) is 0 Å². The van der Waals surface area contributed by atoms with Crippen molar-refractivity contribution < 1.29 is 18.8 Å².